The first-order valence-electron chi connectivity index (χ1n) is 10.9. The summed E-state index contributed by atoms with van der Waals surface area (Å²) in [7, 11) is 0. The molecular weight excluding hydrogens is 434 g/mol. The number of para-hydroxylation sites is 1. The largest absolute Gasteiger partial charge is 0.454 e. The number of hydrogen-bond donors (Lipinski definition) is 2. The fourth-order valence-electron chi connectivity index (χ4n) is 3.86. The van der Waals surface area contributed by atoms with Crippen molar-refractivity contribution in [3.63, 3.8) is 0 Å². The highest BCUT2D eigenvalue weighted by Gasteiger charge is 2.20. The number of anilines is 2. The highest BCUT2D eigenvalue weighted by atomic mass is 16.7. The monoisotopic (exact) mass is 457 g/mol. The van der Waals surface area contributed by atoms with Crippen molar-refractivity contribution >= 4 is 34.2 Å². The average molecular weight is 457 g/mol. The van der Waals surface area contributed by atoms with Crippen LogP contribution >= 0.6 is 0 Å². The molecule has 3 heterocycles. The van der Waals surface area contributed by atoms with E-state index in [1.54, 1.807) is 59.4 Å². The van der Waals surface area contributed by atoms with Crippen molar-refractivity contribution in [3.8, 4) is 11.5 Å². The molecule has 1 aliphatic heterocycles. The van der Waals surface area contributed by atoms with Gasteiger partial charge in [-0.1, -0.05) is 12.1 Å². The molecule has 5 rings (SSSR count). The Morgan fingerprint density at radius 3 is 2.56 bits per heavy atom. The first-order chi connectivity index (χ1) is 16.4. The second-order valence-electron chi connectivity index (χ2n) is 8.25. The number of nitrogens with zero attached hydrogens (tertiary/aromatic N) is 3. The fourth-order valence-corrected chi connectivity index (χ4v) is 3.86. The van der Waals surface area contributed by atoms with Gasteiger partial charge in [0.2, 0.25) is 6.79 Å². The van der Waals surface area contributed by atoms with Gasteiger partial charge in [-0.25, -0.2) is 9.67 Å². The third-order valence-corrected chi connectivity index (χ3v) is 5.48. The van der Waals surface area contributed by atoms with Crippen molar-refractivity contribution in [3.05, 3.63) is 71.5 Å². The molecule has 9 heteroatoms. The number of ether oxygens (including phenoxy) is 2. The summed E-state index contributed by atoms with van der Waals surface area (Å²) in [6.07, 6.45) is 1.65. The van der Waals surface area contributed by atoms with Crippen LogP contribution in [-0.4, -0.2) is 33.4 Å². The molecule has 2 aromatic heterocycles. The van der Waals surface area contributed by atoms with Crippen molar-refractivity contribution in [1.82, 2.24) is 14.8 Å². The van der Waals surface area contributed by atoms with Gasteiger partial charge in [-0.05, 0) is 51.1 Å². The minimum absolute atomic E-state index is 0.100. The number of carbonyl (C=O) groups is 2. The van der Waals surface area contributed by atoms with Gasteiger partial charge in [0.25, 0.3) is 11.8 Å². The molecule has 34 heavy (non-hydrogen) atoms. The molecule has 2 amide bonds. The Hall–Kier alpha value is -4.40. The quantitative estimate of drug-likeness (QED) is 0.455. The maximum absolute atomic E-state index is 13.3. The van der Waals surface area contributed by atoms with Gasteiger partial charge >= 0.3 is 0 Å². The lowest BCUT2D eigenvalue weighted by atomic mass is 10.1. The molecule has 2 aromatic carbocycles. The molecular formula is C25H23N5O4. The predicted molar refractivity (Wildman–Crippen MR) is 128 cm³/mol. The van der Waals surface area contributed by atoms with Crippen LogP contribution < -0.4 is 20.1 Å². The van der Waals surface area contributed by atoms with Crippen LogP contribution in [0.5, 0.6) is 11.5 Å². The number of hydrogen-bond acceptors (Lipinski definition) is 6. The summed E-state index contributed by atoms with van der Waals surface area (Å²) in [6.45, 7) is 6.00. The zero-order chi connectivity index (χ0) is 23.8. The number of aromatic nitrogens is 3. The molecule has 0 saturated heterocycles. The van der Waals surface area contributed by atoms with E-state index in [4.69, 9.17) is 9.47 Å². The Kier molecular flexibility index (Phi) is 5.37. The van der Waals surface area contributed by atoms with Gasteiger partial charge in [0.05, 0.1) is 28.4 Å². The van der Waals surface area contributed by atoms with Gasteiger partial charge in [0, 0.05) is 23.5 Å². The van der Waals surface area contributed by atoms with Crippen molar-refractivity contribution < 1.29 is 19.1 Å². The summed E-state index contributed by atoms with van der Waals surface area (Å²) >= 11 is 0. The van der Waals surface area contributed by atoms with Crippen molar-refractivity contribution in [1.29, 1.82) is 0 Å². The molecule has 1 aliphatic rings. The summed E-state index contributed by atoms with van der Waals surface area (Å²) in [4.78, 5) is 30.9. The lowest BCUT2D eigenvalue weighted by Crippen LogP contribution is -2.18. The maximum Gasteiger partial charge on any atom is 0.257 e. The highest BCUT2D eigenvalue weighted by Crippen LogP contribution is 2.34. The molecule has 0 aliphatic carbocycles. The Bertz CT molecular complexity index is 1430. The van der Waals surface area contributed by atoms with Gasteiger partial charge in [-0.3, -0.25) is 9.59 Å². The van der Waals surface area contributed by atoms with Crippen molar-refractivity contribution in [2.75, 3.05) is 17.4 Å². The summed E-state index contributed by atoms with van der Waals surface area (Å²) in [5, 5.41) is 10.8. The highest BCUT2D eigenvalue weighted by molar-refractivity contribution is 6.15. The van der Waals surface area contributed by atoms with Crippen molar-refractivity contribution in [2.24, 2.45) is 0 Å². The van der Waals surface area contributed by atoms with Crippen LogP contribution in [0.15, 0.2) is 54.7 Å². The van der Waals surface area contributed by atoms with Crippen LogP contribution in [0.25, 0.3) is 11.0 Å². The minimum atomic E-state index is -0.363. The molecule has 0 saturated carbocycles. The molecule has 0 spiro atoms. The average Bonchev–Trinajstić information content (AvgIpc) is 3.45. The Balaban J connectivity index is 1.42. The van der Waals surface area contributed by atoms with E-state index in [1.165, 1.54) is 0 Å². The van der Waals surface area contributed by atoms with Crippen LogP contribution in [0, 0.1) is 6.92 Å². The third-order valence-electron chi connectivity index (χ3n) is 5.48. The molecule has 0 atom stereocenters. The minimum Gasteiger partial charge on any atom is -0.454 e. The molecule has 9 nitrogen and oxygen atoms in total. The van der Waals surface area contributed by atoms with Crippen LogP contribution in [0.4, 0.5) is 11.4 Å². The number of pyridine rings is 1. The Labute approximate surface area is 195 Å². The van der Waals surface area contributed by atoms with E-state index in [0.717, 1.165) is 0 Å². The van der Waals surface area contributed by atoms with E-state index < -0.39 is 0 Å². The second kappa shape index (κ2) is 8.51. The molecule has 172 valence electrons. The van der Waals surface area contributed by atoms with E-state index >= 15 is 0 Å². The van der Waals surface area contributed by atoms with Gasteiger partial charge < -0.3 is 20.1 Å². The zero-order valence-electron chi connectivity index (χ0n) is 19.0. The number of carbonyl (C=O) groups excluding carboxylic acids is 2. The number of aryl methyl sites for hydroxylation is 1. The number of fused-ring (bicyclic) bond motifs is 2. The van der Waals surface area contributed by atoms with Gasteiger partial charge in [-0.2, -0.15) is 5.10 Å². The normalized spacial score (nSPS) is 12.2. The molecule has 0 bridgehead atoms. The first-order valence-corrected chi connectivity index (χ1v) is 10.9. The number of rotatable bonds is 5. The molecule has 0 radical (unpaired) electrons. The van der Waals surface area contributed by atoms with Gasteiger partial charge in [0.1, 0.15) is 0 Å². The zero-order valence-corrected chi connectivity index (χ0v) is 19.0. The molecule has 4 aromatic rings. The summed E-state index contributed by atoms with van der Waals surface area (Å²) in [6, 6.07) is 13.8. The van der Waals surface area contributed by atoms with E-state index in [9.17, 15) is 9.59 Å². The Morgan fingerprint density at radius 1 is 0.971 bits per heavy atom. The predicted octanol–water partition coefficient (Wildman–Crippen LogP) is 4.55. The molecule has 0 fully saturated rings. The van der Waals surface area contributed by atoms with Gasteiger partial charge in [0.15, 0.2) is 17.1 Å². The lowest BCUT2D eigenvalue weighted by Gasteiger charge is -2.13. The standard InChI is InChI=1S/C25H23N5O4/c1-14(2)30-23-19(12-26-30)18(10-15(3)27-23)25(32)29-20-7-5-4-6-17(20)24(31)28-16-8-9-21-22(11-16)34-13-33-21/h4-12,14H,13H2,1-3H3,(H,28,31)(H,29,32). The van der Waals surface area contributed by atoms with Crippen LogP contribution in [-0.2, 0) is 0 Å². The third kappa shape index (κ3) is 3.92. The first kappa shape index (κ1) is 21.4. The summed E-state index contributed by atoms with van der Waals surface area (Å²) in [5.74, 6) is 0.490. The topological polar surface area (TPSA) is 107 Å². The second-order valence-corrected chi connectivity index (χ2v) is 8.25. The number of nitrogens with one attached hydrogen (secondary N) is 2. The smallest absolute Gasteiger partial charge is 0.257 e. The number of amides is 2. The van der Waals surface area contributed by atoms with Crippen LogP contribution in [0.3, 0.4) is 0 Å². The number of benzene rings is 2. The van der Waals surface area contributed by atoms with E-state index in [0.29, 0.717) is 50.7 Å². The van der Waals surface area contributed by atoms with E-state index in [-0.39, 0.29) is 24.6 Å². The molecule has 0 unspecified atom stereocenters. The van der Waals surface area contributed by atoms with E-state index in [1.807, 2.05) is 20.8 Å². The maximum atomic E-state index is 13.3. The molecule has 2 N–H and O–H groups in total. The Morgan fingerprint density at radius 2 is 1.74 bits per heavy atom. The van der Waals surface area contributed by atoms with Gasteiger partial charge in [-0.15, -0.1) is 0 Å². The van der Waals surface area contributed by atoms with E-state index in [2.05, 4.69) is 20.7 Å². The SMILES string of the molecule is Cc1cc(C(=O)Nc2ccccc2C(=O)Nc2ccc3c(c2)OCO3)c2cnn(C(C)C)c2n1. The fraction of sp³-hybridized carbons (Fsp3) is 0.200. The van der Waals surface area contributed by atoms with Crippen molar-refractivity contribution in [2.45, 2.75) is 26.8 Å². The van der Waals surface area contributed by atoms with Crippen LogP contribution in [0.2, 0.25) is 0 Å². The van der Waals surface area contributed by atoms with Crippen LogP contribution in [0.1, 0.15) is 46.3 Å². The lowest BCUT2D eigenvalue weighted by molar-refractivity contribution is 0.102. The summed E-state index contributed by atoms with van der Waals surface area (Å²) < 4.78 is 12.5. The summed E-state index contributed by atoms with van der Waals surface area (Å²) in [5.41, 5.74) is 3.07.